The van der Waals surface area contributed by atoms with Gasteiger partial charge in [0.05, 0.1) is 13.2 Å². The van der Waals surface area contributed by atoms with Crippen LogP contribution in [0, 0.1) is 23.7 Å². The molecule has 4 fully saturated rings. The van der Waals surface area contributed by atoms with Crippen LogP contribution in [0.15, 0.2) is 36.4 Å². The van der Waals surface area contributed by atoms with Crippen molar-refractivity contribution in [3.8, 4) is 23.0 Å². The Morgan fingerprint density at radius 1 is 0.733 bits per heavy atom. The Kier molecular flexibility index (Phi) is 4.83. The first-order valence-electron chi connectivity index (χ1n) is 11.5. The number of hydrogen-bond acceptors (Lipinski definition) is 4. The van der Waals surface area contributed by atoms with Gasteiger partial charge in [-0.15, -0.1) is 0 Å². The van der Waals surface area contributed by atoms with E-state index in [0.29, 0.717) is 36.5 Å². The third-order valence-electron chi connectivity index (χ3n) is 7.90. The maximum Gasteiger partial charge on any atom is 0.161 e. The SMILES string of the molecule is CCOc1cc(C2(c3ccc(O)c(OCC)c3)C3CC4CC(C3)CC2C4)ccc1O. The van der Waals surface area contributed by atoms with Gasteiger partial charge in [0.25, 0.3) is 0 Å². The van der Waals surface area contributed by atoms with Crippen LogP contribution in [0.25, 0.3) is 0 Å². The van der Waals surface area contributed by atoms with Crippen molar-refractivity contribution in [1.82, 2.24) is 0 Å². The summed E-state index contributed by atoms with van der Waals surface area (Å²) in [7, 11) is 0. The highest BCUT2D eigenvalue weighted by Gasteiger charge is 2.58. The fraction of sp³-hybridized carbons (Fsp3) is 0.538. The molecule has 4 heteroatoms. The van der Waals surface area contributed by atoms with E-state index in [0.717, 1.165) is 11.8 Å². The molecule has 0 radical (unpaired) electrons. The summed E-state index contributed by atoms with van der Waals surface area (Å²) in [6, 6.07) is 11.9. The van der Waals surface area contributed by atoms with Crippen LogP contribution in [-0.4, -0.2) is 23.4 Å². The number of benzene rings is 2. The summed E-state index contributed by atoms with van der Waals surface area (Å²) in [6.45, 7) is 4.93. The molecule has 0 unspecified atom stereocenters. The minimum absolute atomic E-state index is 0.132. The van der Waals surface area contributed by atoms with E-state index in [-0.39, 0.29) is 16.9 Å². The fourth-order valence-corrected chi connectivity index (χ4v) is 7.12. The van der Waals surface area contributed by atoms with Crippen molar-refractivity contribution < 1.29 is 19.7 Å². The van der Waals surface area contributed by atoms with Crippen molar-refractivity contribution in [1.29, 1.82) is 0 Å². The van der Waals surface area contributed by atoms with Gasteiger partial charge in [-0.2, -0.15) is 0 Å². The molecule has 30 heavy (non-hydrogen) atoms. The van der Waals surface area contributed by atoms with E-state index in [1.54, 1.807) is 12.1 Å². The second kappa shape index (κ2) is 7.40. The first-order valence-corrected chi connectivity index (χ1v) is 11.5. The second-order valence-corrected chi connectivity index (χ2v) is 9.40. The van der Waals surface area contributed by atoms with Crippen molar-refractivity contribution >= 4 is 0 Å². The zero-order chi connectivity index (χ0) is 20.9. The van der Waals surface area contributed by atoms with Gasteiger partial charge in [0.1, 0.15) is 0 Å². The molecule has 2 aromatic rings. The van der Waals surface area contributed by atoms with E-state index >= 15 is 0 Å². The lowest BCUT2D eigenvalue weighted by Crippen LogP contribution is -2.56. The third kappa shape index (κ3) is 2.87. The lowest BCUT2D eigenvalue weighted by atomic mass is 9.42. The Morgan fingerprint density at radius 3 is 1.57 bits per heavy atom. The van der Waals surface area contributed by atoms with Crippen molar-refractivity contribution in [3.05, 3.63) is 47.5 Å². The number of phenols is 2. The van der Waals surface area contributed by atoms with Crippen molar-refractivity contribution in [3.63, 3.8) is 0 Å². The largest absolute Gasteiger partial charge is 0.504 e. The average Bonchev–Trinajstić information content (AvgIpc) is 2.72. The van der Waals surface area contributed by atoms with E-state index in [9.17, 15) is 10.2 Å². The molecule has 4 aliphatic rings. The highest BCUT2D eigenvalue weighted by Crippen LogP contribution is 2.65. The van der Waals surface area contributed by atoms with Gasteiger partial charge in [-0.05, 0) is 105 Å². The molecule has 6 rings (SSSR count). The second-order valence-electron chi connectivity index (χ2n) is 9.40. The minimum atomic E-state index is -0.132. The molecule has 2 N–H and O–H groups in total. The van der Waals surface area contributed by atoms with E-state index in [1.165, 1.54) is 43.2 Å². The Bertz CT molecular complexity index is 849. The van der Waals surface area contributed by atoms with Gasteiger partial charge >= 0.3 is 0 Å². The Balaban J connectivity index is 1.70. The average molecular weight is 409 g/mol. The number of aromatic hydroxyl groups is 2. The van der Waals surface area contributed by atoms with Crippen LogP contribution in [0.2, 0.25) is 0 Å². The van der Waals surface area contributed by atoms with Gasteiger partial charge < -0.3 is 19.7 Å². The molecular formula is C26H32O4. The van der Waals surface area contributed by atoms with Gasteiger partial charge in [-0.1, -0.05) is 12.1 Å². The molecule has 0 saturated heterocycles. The minimum Gasteiger partial charge on any atom is -0.504 e. The van der Waals surface area contributed by atoms with Crippen LogP contribution in [-0.2, 0) is 5.41 Å². The molecule has 4 bridgehead atoms. The molecule has 4 aliphatic carbocycles. The molecular weight excluding hydrogens is 376 g/mol. The van der Waals surface area contributed by atoms with Crippen molar-refractivity contribution in [2.45, 2.75) is 51.4 Å². The zero-order valence-electron chi connectivity index (χ0n) is 17.9. The Morgan fingerprint density at radius 2 is 1.17 bits per heavy atom. The fourth-order valence-electron chi connectivity index (χ4n) is 7.12. The summed E-state index contributed by atoms with van der Waals surface area (Å²) in [5, 5.41) is 20.7. The lowest BCUT2D eigenvalue weighted by molar-refractivity contribution is -0.0420. The molecule has 0 spiro atoms. The van der Waals surface area contributed by atoms with Gasteiger partial charge in [-0.25, -0.2) is 0 Å². The van der Waals surface area contributed by atoms with Crippen LogP contribution >= 0.6 is 0 Å². The maximum absolute atomic E-state index is 10.3. The molecule has 4 saturated carbocycles. The third-order valence-corrected chi connectivity index (χ3v) is 7.90. The maximum atomic E-state index is 10.3. The van der Waals surface area contributed by atoms with E-state index in [2.05, 4.69) is 24.3 Å². The normalized spacial score (nSPS) is 28.5. The molecule has 160 valence electrons. The quantitative estimate of drug-likeness (QED) is 0.650. The molecule has 0 aliphatic heterocycles. The van der Waals surface area contributed by atoms with Gasteiger partial charge in [0.2, 0.25) is 0 Å². The van der Waals surface area contributed by atoms with Gasteiger partial charge in [-0.3, -0.25) is 0 Å². The highest BCUT2D eigenvalue weighted by atomic mass is 16.5. The molecule has 0 atom stereocenters. The smallest absolute Gasteiger partial charge is 0.161 e. The van der Waals surface area contributed by atoms with E-state index in [1.807, 2.05) is 13.8 Å². The monoisotopic (exact) mass is 408 g/mol. The first-order chi connectivity index (χ1) is 14.6. The van der Waals surface area contributed by atoms with Crippen LogP contribution in [0.1, 0.15) is 57.1 Å². The van der Waals surface area contributed by atoms with Crippen LogP contribution < -0.4 is 9.47 Å². The molecule has 2 aromatic carbocycles. The highest BCUT2D eigenvalue weighted by molar-refractivity contribution is 5.53. The number of phenolic OH excluding ortho intramolecular Hbond substituents is 2. The summed E-state index contributed by atoms with van der Waals surface area (Å²) in [6.07, 6.45) is 6.40. The summed E-state index contributed by atoms with van der Waals surface area (Å²) in [4.78, 5) is 0. The van der Waals surface area contributed by atoms with Crippen molar-refractivity contribution in [2.75, 3.05) is 13.2 Å². The molecule has 0 aromatic heterocycles. The van der Waals surface area contributed by atoms with Gasteiger partial charge in [0.15, 0.2) is 23.0 Å². The predicted molar refractivity (Wildman–Crippen MR) is 116 cm³/mol. The lowest BCUT2D eigenvalue weighted by Gasteiger charge is -2.62. The summed E-state index contributed by atoms with van der Waals surface area (Å²) in [5.41, 5.74) is 2.32. The number of ether oxygens (including phenoxy) is 2. The van der Waals surface area contributed by atoms with Crippen LogP contribution in [0.4, 0.5) is 0 Å². The summed E-state index contributed by atoms with van der Waals surface area (Å²) >= 11 is 0. The molecule has 0 amide bonds. The molecule has 4 nitrogen and oxygen atoms in total. The van der Waals surface area contributed by atoms with Crippen molar-refractivity contribution in [2.24, 2.45) is 23.7 Å². The Hall–Kier alpha value is -2.36. The zero-order valence-corrected chi connectivity index (χ0v) is 17.9. The standard InChI is InChI=1S/C26H32O4/c1-3-29-24-14-18(5-7-22(24)27)26(19-6-8-23(28)25(15-19)30-4-2)20-10-16-9-17(12-20)13-21(26)11-16/h5-8,14-17,20-21,27-28H,3-4,9-13H2,1-2H3. The van der Waals surface area contributed by atoms with E-state index in [4.69, 9.17) is 9.47 Å². The number of rotatable bonds is 6. The van der Waals surface area contributed by atoms with E-state index < -0.39 is 0 Å². The summed E-state index contributed by atoms with van der Waals surface area (Å²) in [5.74, 6) is 4.32. The first kappa shape index (κ1) is 19.6. The van der Waals surface area contributed by atoms with Gasteiger partial charge in [0, 0.05) is 5.41 Å². The van der Waals surface area contributed by atoms with Crippen LogP contribution in [0.5, 0.6) is 23.0 Å². The van der Waals surface area contributed by atoms with Crippen LogP contribution in [0.3, 0.4) is 0 Å². The number of hydrogen-bond donors (Lipinski definition) is 2. The Labute approximate surface area is 178 Å². The topological polar surface area (TPSA) is 58.9 Å². The molecule has 0 heterocycles. The predicted octanol–water partition coefficient (Wildman–Crippen LogP) is 5.64. The summed E-state index contributed by atoms with van der Waals surface area (Å²) < 4.78 is 11.5.